The summed E-state index contributed by atoms with van der Waals surface area (Å²) >= 11 is 0. The van der Waals surface area contributed by atoms with Crippen LogP contribution in [0.2, 0.25) is 0 Å². The second kappa shape index (κ2) is 22.5. The number of benzene rings is 4. The lowest BCUT2D eigenvalue weighted by Gasteiger charge is -2.56. The predicted octanol–water partition coefficient (Wildman–Crippen LogP) is 5.70. The third-order valence-corrected chi connectivity index (χ3v) is 15.5. The van der Waals surface area contributed by atoms with Crippen molar-refractivity contribution in [3.8, 4) is 17.2 Å². The standard InChI is InChI=1S/C48H60O16S2/c1-47(55-6)48(2,56-7)63-45-44(62-47)43(64-66(49,50)51)40(61-46(45)60-28-32-11-9-8-10-12-32)31-65-30-39(58-26-34-15-21-37(53-4)22-16-34)42(59-27-35-17-23-38(54-5)24-18-35)41(65)29-57-25-33-13-19-36(52-3)20-14-33/h8-24,39-46H,25-31H2,1-7H3/t39-,40-,41-,42+,43-,44+,45-,46-,47-,48-,65?/m1/s1. The van der Waals surface area contributed by atoms with Gasteiger partial charge in [-0.3, -0.25) is 4.18 Å². The molecule has 0 N–H and O–H groups in total. The Morgan fingerprint density at radius 3 is 1.62 bits per heavy atom. The summed E-state index contributed by atoms with van der Waals surface area (Å²) in [6.45, 7) is 4.38. The molecule has 16 nitrogen and oxygen atoms in total. The van der Waals surface area contributed by atoms with E-state index in [4.69, 9.17) is 61.0 Å². The number of rotatable bonds is 22. The molecule has 0 aliphatic carbocycles. The Bertz CT molecular complexity index is 2220. The van der Waals surface area contributed by atoms with E-state index in [-0.39, 0.29) is 37.4 Å². The molecule has 3 aliphatic heterocycles. The van der Waals surface area contributed by atoms with Gasteiger partial charge in [0.1, 0.15) is 65.4 Å². The number of fused-ring (bicyclic) bond motifs is 1. The average molecular weight is 957 g/mol. The van der Waals surface area contributed by atoms with Crippen molar-refractivity contribution in [1.29, 1.82) is 0 Å². The van der Waals surface area contributed by atoms with Gasteiger partial charge in [0.25, 0.3) is 0 Å². The van der Waals surface area contributed by atoms with Gasteiger partial charge in [-0.15, -0.1) is 0 Å². The van der Waals surface area contributed by atoms with E-state index in [1.54, 1.807) is 35.2 Å². The smallest absolute Gasteiger partial charge is 0.220 e. The van der Waals surface area contributed by atoms with Crippen molar-refractivity contribution >= 4 is 21.3 Å². The summed E-state index contributed by atoms with van der Waals surface area (Å²) in [7, 11) is 1.63. The van der Waals surface area contributed by atoms with Gasteiger partial charge in [0.2, 0.25) is 22.0 Å². The predicted molar refractivity (Wildman–Crippen MR) is 242 cm³/mol. The Morgan fingerprint density at radius 2 is 1.11 bits per heavy atom. The monoisotopic (exact) mass is 956 g/mol. The molecule has 0 radical (unpaired) electrons. The molecule has 3 aliphatic rings. The minimum atomic E-state index is -5.34. The highest BCUT2D eigenvalue weighted by Gasteiger charge is 2.65. The first kappa shape index (κ1) is 50.0. The molecule has 0 saturated carbocycles. The molecule has 0 aromatic heterocycles. The molecule has 7 rings (SSSR count). The molecule has 3 heterocycles. The van der Waals surface area contributed by atoms with Crippen molar-refractivity contribution in [3.63, 3.8) is 0 Å². The van der Waals surface area contributed by atoms with Crippen LogP contribution in [0.25, 0.3) is 0 Å². The van der Waals surface area contributed by atoms with Gasteiger partial charge < -0.3 is 61.4 Å². The van der Waals surface area contributed by atoms with Crippen LogP contribution in [0, 0.1) is 0 Å². The number of hydrogen-bond donors (Lipinski definition) is 0. The van der Waals surface area contributed by atoms with Crippen molar-refractivity contribution in [1.82, 2.24) is 0 Å². The molecule has 11 atom stereocenters. The summed E-state index contributed by atoms with van der Waals surface area (Å²) in [4.78, 5) is 0. The van der Waals surface area contributed by atoms with Crippen LogP contribution < -0.4 is 14.2 Å². The fourth-order valence-electron chi connectivity index (χ4n) is 8.28. The Hall–Kier alpha value is -3.86. The lowest BCUT2D eigenvalue weighted by atomic mass is 9.95. The summed E-state index contributed by atoms with van der Waals surface area (Å²) in [5.74, 6) is -0.330. The first-order chi connectivity index (χ1) is 31.8. The lowest BCUT2D eigenvalue weighted by molar-refractivity contribution is -0.482. The van der Waals surface area contributed by atoms with Crippen LogP contribution in [0.15, 0.2) is 103 Å². The van der Waals surface area contributed by atoms with E-state index in [0.717, 1.165) is 33.8 Å². The van der Waals surface area contributed by atoms with Gasteiger partial charge in [0.15, 0.2) is 11.5 Å². The fraction of sp³-hybridized carbons (Fsp3) is 0.500. The maximum Gasteiger partial charge on any atom is 0.220 e. The van der Waals surface area contributed by atoms with Crippen molar-refractivity contribution in [2.75, 3.05) is 53.7 Å². The number of ether oxygens (including phenoxy) is 12. The second-order valence-corrected chi connectivity index (χ2v) is 19.7. The van der Waals surface area contributed by atoms with E-state index in [0.29, 0.717) is 18.1 Å². The van der Waals surface area contributed by atoms with E-state index in [2.05, 4.69) is 0 Å². The maximum atomic E-state index is 12.7. The molecule has 0 spiro atoms. The summed E-state index contributed by atoms with van der Waals surface area (Å²) in [6, 6.07) is 32.4. The zero-order valence-corrected chi connectivity index (χ0v) is 39.9. The molecule has 360 valence electrons. The van der Waals surface area contributed by atoms with Crippen LogP contribution >= 0.6 is 0 Å². The highest BCUT2D eigenvalue weighted by molar-refractivity contribution is 7.97. The number of hydrogen-bond acceptors (Lipinski definition) is 16. The maximum absolute atomic E-state index is 12.7. The SMILES string of the molecule is COc1ccc(COC[C@@H]2[C@@H](OCc3ccc(OC)cc3)[C@H](OCc3ccc(OC)cc3)C[S+]2C[C@H]2O[C@@H](OCc3ccccc3)[C@@H]3O[C@@](C)(OC)[C@](C)(OC)O[C@H]3[C@@H]2OS(=O)(=O)[O-])cc1. The average Bonchev–Trinajstić information content (AvgIpc) is 3.66. The van der Waals surface area contributed by atoms with E-state index in [9.17, 15) is 13.0 Å². The summed E-state index contributed by atoms with van der Waals surface area (Å²) in [6.07, 6.45) is -7.10. The first-order valence-electron chi connectivity index (χ1n) is 21.5. The van der Waals surface area contributed by atoms with E-state index in [1.165, 1.54) is 14.2 Å². The lowest BCUT2D eigenvalue weighted by Crippen LogP contribution is -2.73. The quantitative estimate of drug-likeness (QED) is 0.0532. The largest absolute Gasteiger partial charge is 0.726 e. The molecule has 1 unspecified atom stereocenters. The topological polar surface area (TPSA) is 177 Å². The minimum Gasteiger partial charge on any atom is -0.726 e. The molecular weight excluding hydrogens is 897 g/mol. The van der Waals surface area contributed by atoms with Gasteiger partial charge in [-0.1, -0.05) is 66.7 Å². The van der Waals surface area contributed by atoms with Crippen LogP contribution in [0.4, 0.5) is 0 Å². The van der Waals surface area contributed by atoms with Crippen LogP contribution in [0.1, 0.15) is 36.1 Å². The van der Waals surface area contributed by atoms with Crippen LogP contribution in [0.5, 0.6) is 17.2 Å². The summed E-state index contributed by atoms with van der Waals surface area (Å²) in [5.41, 5.74) is 3.63. The van der Waals surface area contributed by atoms with Gasteiger partial charge >= 0.3 is 0 Å². The Labute approximate surface area is 390 Å². The molecule has 0 amide bonds. The van der Waals surface area contributed by atoms with E-state index in [1.807, 2.05) is 103 Å². The molecule has 66 heavy (non-hydrogen) atoms. The number of methoxy groups -OCH3 is 5. The van der Waals surface area contributed by atoms with E-state index >= 15 is 0 Å². The van der Waals surface area contributed by atoms with Gasteiger partial charge in [-0.2, -0.15) is 0 Å². The van der Waals surface area contributed by atoms with Gasteiger partial charge in [0, 0.05) is 25.1 Å². The Morgan fingerprint density at radius 1 is 0.621 bits per heavy atom. The van der Waals surface area contributed by atoms with E-state index < -0.39 is 75.8 Å². The van der Waals surface area contributed by atoms with Crippen molar-refractivity contribution in [2.45, 2.75) is 100 Å². The zero-order chi connectivity index (χ0) is 46.9. The second-order valence-electron chi connectivity index (χ2n) is 16.4. The zero-order valence-electron chi connectivity index (χ0n) is 38.2. The summed E-state index contributed by atoms with van der Waals surface area (Å²) < 4.78 is 118. The molecule has 4 aromatic carbocycles. The van der Waals surface area contributed by atoms with Gasteiger partial charge in [0.05, 0.1) is 54.4 Å². The van der Waals surface area contributed by atoms with Crippen LogP contribution in [0.3, 0.4) is 0 Å². The third-order valence-electron chi connectivity index (χ3n) is 12.3. The van der Waals surface area contributed by atoms with Gasteiger partial charge in [-0.25, -0.2) is 8.42 Å². The third kappa shape index (κ3) is 12.2. The van der Waals surface area contributed by atoms with Gasteiger partial charge in [-0.05, 0) is 72.5 Å². The Balaban J connectivity index is 1.23. The normalized spacial score (nSPS) is 29.8. The highest BCUT2D eigenvalue weighted by Crippen LogP contribution is 2.46. The summed E-state index contributed by atoms with van der Waals surface area (Å²) in [5, 5.41) is -0.318. The highest BCUT2D eigenvalue weighted by atomic mass is 32.3. The molecule has 0 bridgehead atoms. The minimum absolute atomic E-state index is 0.109. The molecule has 3 saturated heterocycles. The molecule has 4 aromatic rings. The Kier molecular flexibility index (Phi) is 17.1. The molecule has 18 heteroatoms. The first-order valence-corrected chi connectivity index (χ1v) is 24.5. The molecule has 3 fully saturated rings. The molecular formula is C48H60O16S2. The van der Waals surface area contributed by atoms with Crippen molar-refractivity contribution in [2.24, 2.45) is 0 Å². The van der Waals surface area contributed by atoms with Crippen molar-refractivity contribution in [3.05, 3.63) is 125 Å². The van der Waals surface area contributed by atoms with Crippen molar-refractivity contribution < 1.29 is 74.0 Å². The fourth-order valence-corrected chi connectivity index (χ4v) is 11.7. The van der Waals surface area contributed by atoms with Crippen LogP contribution in [-0.2, 0) is 94.5 Å². The van der Waals surface area contributed by atoms with Crippen LogP contribution in [-0.4, -0.2) is 126 Å².